The molecule has 0 fully saturated rings. The fourth-order valence-electron chi connectivity index (χ4n) is 2.05. The van der Waals surface area contributed by atoms with Crippen molar-refractivity contribution in [2.24, 2.45) is 0 Å². The lowest BCUT2D eigenvalue weighted by Crippen LogP contribution is -2.17. The number of benzene rings is 2. The van der Waals surface area contributed by atoms with Crippen LogP contribution in [-0.2, 0) is 20.9 Å². The Balaban J connectivity index is 2.26. The van der Waals surface area contributed by atoms with Crippen LogP contribution in [0.4, 0.5) is 29.3 Å². The Kier molecular flexibility index (Phi) is 6.22. The second-order valence-corrected chi connectivity index (χ2v) is 7.28. The molecule has 2 aromatic carbocycles. The van der Waals surface area contributed by atoms with Crippen LogP contribution < -0.4 is 10.0 Å². The highest BCUT2D eigenvalue weighted by molar-refractivity contribution is 7.92. The molecule has 0 saturated heterocycles. The minimum Gasteiger partial charge on any atom is -0.450 e. The van der Waals surface area contributed by atoms with Crippen LogP contribution in [0.15, 0.2) is 47.4 Å². The van der Waals surface area contributed by atoms with E-state index in [1.165, 1.54) is 12.1 Å². The lowest BCUT2D eigenvalue weighted by molar-refractivity contribution is -0.136. The zero-order valence-corrected chi connectivity index (χ0v) is 15.4. The van der Waals surface area contributed by atoms with Crippen LogP contribution in [-0.4, -0.2) is 21.1 Å². The molecule has 27 heavy (non-hydrogen) atoms. The Morgan fingerprint density at radius 3 is 2.33 bits per heavy atom. The van der Waals surface area contributed by atoms with Crippen LogP contribution in [0.25, 0.3) is 0 Å². The third-order valence-corrected chi connectivity index (χ3v) is 4.83. The molecule has 2 aromatic rings. The van der Waals surface area contributed by atoms with Gasteiger partial charge in [-0.1, -0.05) is 11.6 Å². The lowest BCUT2D eigenvalue weighted by atomic mass is 10.2. The SMILES string of the molecule is CCOC(=O)Nc1ccc(S(=O)(=O)Nc2ccc(Cl)cc2C(F)(F)F)cc1. The van der Waals surface area contributed by atoms with E-state index >= 15 is 0 Å². The van der Waals surface area contributed by atoms with Crippen molar-refractivity contribution in [1.82, 2.24) is 0 Å². The number of carbonyl (C=O) groups excluding carboxylic acids is 1. The van der Waals surface area contributed by atoms with E-state index in [4.69, 9.17) is 11.6 Å². The van der Waals surface area contributed by atoms with E-state index in [0.717, 1.165) is 24.3 Å². The monoisotopic (exact) mass is 422 g/mol. The summed E-state index contributed by atoms with van der Waals surface area (Å²) in [4.78, 5) is 11.0. The van der Waals surface area contributed by atoms with Gasteiger partial charge in [-0.05, 0) is 49.4 Å². The molecule has 0 atom stereocenters. The third-order valence-electron chi connectivity index (χ3n) is 3.22. The van der Waals surface area contributed by atoms with Gasteiger partial charge in [-0.15, -0.1) is 0 Å². The average molecular weight is 423 g/mol. The maximum absolute atomic E-state index is 13.1. The summed E-state index contributed by atoms with van der Waals surface area (Å²) < 4.78 is 70.6. The molecule has 0 unspecified atom stereocenters. The smallest absolute Gasteiger partial charge is 0.418 e. The highest BCUT2D eigenvalue weighted by Crippen LogP contribution is 2.37. The fourth-order valence-corrected chi connectivity index (χ4v) is 3.30. The fraction of sp³-hybridized carbons (Fsp3) is 0.188. The van der Waals surface area contributed by atoms with Gasteiger partial charge in [0.25, 0.3) is 10.0 Å². The van der Waals surface area contributed by atoms with E-state index in [9.17, 15) is 26.4 Å². The number of ether oxygens (including phenoxy) is 1. The molecule has 2 rings (SSSR count). The first-order valence-corrected chi connectivity index (χ1v) is 9.32. The van der Waals surface area contributed by atoms with Gasteiger partial charge in [-0.2, -0.15) is 13.2 Å². The Labute approximate surface area is 158 Å². The number of hydrogen-bond donors (Lipinski definition) is 2. The van der Waals surface area contributed by atoms with Crippen LogP contribution in [0.3, 0.4) is 0 Å². The Morgan fingerprint density at radius 2 is 1.78 bits per heavy atom. The molecular weight excluding hydrogens is 409 g/mol. The van der Waals surface area contributed by atoms with Gasteiger partial charge >= 0.3 is 12.3 Å². The van der Waals surface area contributed by atoms with Crippen molar-refractivity contribution in [2.75, 3.05) is 16.6 Å². The molecule has 11 heteroatoms. The van der Waals surface area contributed by atoms with Crippen LogP contribution in [0.5, 0.6) is 0 Å². The first kappa shape index (κ1) is 20.8. The first-order chi connectivity index (χ1) is 12.5. The Bertz CT molecular complexity index is 932. The van der Waals surface area contributed by atoms with Crippen molar-refractivity contribution in [2.45, 2.75) is 18.0 Å². The molecule has 0 aromatic heterocycles. The molecule has 6 nitrogen and oxygen atoms in total. The topological polar surface area (TPSA) is 84.5 Å². The number of anilines is 2. The zero-order valence-electron chi connectivity index (χ0n) is 13.8. The van der Waals surface area contributed by atoms with Crippen molar-refractivity contribution in [3.63, 3.8) is 0 Å². The zero-order chi connectivity index (χ0) is 20.2. The summed E-state index contributed by atoms with van der Waals surface area (Å²) in [6, 6.07) is 7.52. The van der Waals surface area contributed by atoms with E-state index in [0.29, 0.717) is 6.07 Å². The number of amides is 1. The van der Waals surface area contributed by atoms with Crippen molar-refractivity contribution in [3.05, 3.63) is 53.1 Å². The van der Waals surface area contributed by atoms with Crippen LogP contribution >= 0.6 is 11.6 Å². The van der Waals surface area contributed by atoms with Crippen molar-refractivity contribution in [1.29, 1.82) is 0 Å². The third kappa shape index (κ3) is 5.51. The largest absolute Gasteiger partial charge is 0.450 e. The van der Waals surface area contributed by atoms with Crippen molar-refractivity contribution in [3.8, 4) is 0 Å². The standard InChI is InChI=1S/C16H14ClF3N2O4S/c1-2-26-15(23)21-11-4-6-12(7-5-11)27(24,25)22-14-8-3-10(17)9-13(14)16(18,19)20/h3-9,22H,2H2,1H3,(H,21,23). The summed E-state index contributed by atoms with van der Waals surface area (Å²) >= 11 is 5.57. The van der Waals surface area contributed by atoms with Gasteiger partial charge in [0, 0.05) is 10.7 Å². The minimum absolute atomic E-state index is 0.158. The summed E-state index contributed by atoms with van der Waals surface area (Å²) in [6.07, 6.45) is -5.52. The molecule has 1 amide bonds. The molecule has 2 N–H and O–H groups in total. The van der Waals surface area contributed by atoms with Gasteiger partial charge in [0.2, 0.25) is 0 Å². The van der Waals surface area contributed by atoms with E-state index in [1.807, 2.05) is 4.72 Å². The van der Waals surface area contributed by atoms with E-state index in [-0.39, 0.29) is 22.2 Å². The predicted molar refractivity (Wildman–Crippen MR) is 94.3 cm³/mol. The second-order valence-electron chi connectivity index (χ2n) is 5.16. The molecule has 0 aliphatic heterocycles. The van der Waals surface area contributed by atoms with Gasteiger partial charge in [-0.3, -0.25) is 10.0 Å². The molecule has 0 saturated carbocycles. The molecule has 146 valence electrons. The summed E-state index contributed by atoms with van der Waals surface area (Å²) in [6.45, 7) is 1.78. The van der Waals surface area contributed by atoms with Crippen LogP contribution in [0.2, 0.25) is 5.02 Å². The quantitative estimate of drug-likeness (QED) is 0.729. The highest BCUT2D eigenvalue weighted by Gasteiger charge is 2.35. The maximum Gasteiger partial charge on any atom is 0.418 e. The van der Waals surface area contributed by atoms with Crippen LogP contribution in [0.1, 0.15) is 12.5 Å². The number of halogens is 4. The second kappa shape index (κ2) is 8.05. The summed E-state index contributed by atoms with van der Waals surface area (Å²) in [5.74, 6) is 0. The lowest BCUT2D eigenvalue weighted by Gasteiger charge is -2.15. The number of alkyl halides is 3. The number of carbonyl (C=O) groups is 1. The molecule has 0 bridgehead atoms. The van der Waals surface area contributed by atoms with Gasteiger partial charge in [-0.25, -0.2) is 13.2 Å². The first-order valence-electron chi connectivity index (χ1n) is 7.46. The van der Waals surface area contributed by atoms with E-state index in [1.54, 1.807) is 6.92 Å². The minimum atomic E-state index is -4.80. The predicted octanol–water partition coefficient (Wildman–Crippen LogP) is 4.73. The van der Waals surface area contributed by atoms with Crippen molar-refractivity contribution < 1.29 is 31.1 Å². The van der Waals surface area contributed by atoms with Gasteiger partial charge in [0.1, 0.15) is 0 Å². The normalized spacial score (nSPS) is 11.7. The van der Waals surface area contributed by atoms with E-state index in [2.05, 4.69) is 10.1 Å². The van der Waals surface area contributed by atoms with Gasteiger partial charge < -0.3 is 4.74 Å². The molecular formula is C16H14ClF3N2O4S. The number of rotatable bonds is 5. The molecule has 0 heterocycles. The number of hydrogen-bond acceptors (Lipinski definition) is 4. The summed E-state index contributed by atoms with van der Waals surface area (Å²) in [7, 11) is -4.30. The van der Waals surface area contributed by atoms with Gasteiger partial charge in [0.05, 0.1) is 22.8 Å². The molecule has 0 aliphatic rings. The number of sulfonamides is 1. The summed E-state index contributed by atoms with van der Waals surface area (Å²) in [5.41, 5.74) is -1.60. The average Bonchev–Trinajstić information content (AvgIpc) is 2.56. The van der Waals surface area contributed by atoms with Crippen molar-refractivity contribution >= 4 is 39.1 Å². The van der Waals surface area contributed by atoms with Crippen LogP contribution in [0, 0.1) is 0 Å². The molecule has 0 aliphatic carbocycles. The van der Waals surface area contributed by atoms with E-state index < -0.39 is 33.5 Å². The highest BCUT2D eigenvalue weighted by atomic mass is 35.5. The molecule has 0 radical (unpaired) electrons. The van der Waals surface area contributed by atoms with Gasteiger partial charge in [0.15, 0.2) is 0 Å². The Morgan fingerprint density at radius 1 is 1.15 bits per heavy atom. The maximum atomic E-state index is 13.1. The Hall–Kier alpha value is -2.46. The summed E-state index contributed by atoms with van der Waals surface area (Å²) in [5, 5.41) is 2.19. The number of nitrogens with one attached hydrogen (secondary N) is 2. The molecule has 0 spiro atoms.